The molecule has 2 rings (SSSR count). The van der Waals surface area contributed by atoms with Crippen molar-refractivity contribution in [1.82, 2.24) is 5.32 Å². The molecule has 4 nitrogen and oxygen atoms in total. The SMILES string of the molecule is CCCC(CCO)CNC(=O)c1ccc(C2(C#N)CC2)cc1. The Balaban J connectivity index is 1.91. The molecule has 118 valence electrons. The smallest absolute Gasteiger partial charge is 0.251 e. The first-order chi connectivity index (χ1) is 10.6. The zero-order valence-corrected chi connectivity index (χ0v) is 13.1. The fourth-order valence-corrected chi connectivity index (χ4v) is 2.81. The number of hydrogen-bond acceptors (Lipinski definition) is 3. The Morgan fingerprint density at radius 3 is 2.55 bits per heavy atom. The largest absolute Gasteiger partial charge is 0.396 e. The van der Waals surface area contributed by atoms with Gasteiger partial charge in [0.1, 0.15) is 0 Å². The highest BCUT2D eigenvalue weighted by Gasteiger charge is 2.44. The number of rotatable bonds is 8. The highest BCUT2D eigenvalue weighted by Crippen LogP contribution is 2.47. The van der Waals surface area contributed by atoms with E-state index in [1.807, 2.05) is 12.1 Å². The highest BCUT2D eigenvalue weighted by atomic mass is 16.3. The summed E-state index contributed by atoms with van der Waals surface area (Å²) in [5, 5.41) is 21.2. The van der Waals surface area contributed by atoms with Gasteiger partial charge in [-0.3, -0.25) is 4.79 Å². The Morgan fingerprint density at radius 1 is 1.36 bits per heavy atom. The van der Waals surface area contributed by atoms with E-state index in [1.54, 1.807) is 12.1 Å². The molecule has 1 aromatic rings. The Bertz CT molecular complexity index is 535. The van der Waals surface area contributed by atoms with Crippen LogP contribution in [-0.2, 0) is 5.41 Å². The van der Waals surface area contributed by atoms with Crippen LogP contribution in [0.25, 0.3) is 0 Å². The van der Waals surface area contributed by atoms with Gasteiger partial charge in [-0.1, -0.05) is 25.5 Å². The standard InChI is InChI=1S/C18H24N2O2/c1-2-3-14(8-11-21)12-20-17(22)15-4-6-16(7-5-15)18(13-19)9-10-18/h4-7,14,21H,2-3,8-12H2,1H3,(H,20,22). The van der Waals surface area contributed by atoms with Crippen LogP contribution >= 0.6 is 0 Å². The number of nitriles is 1. The third kappa shape index (κ3) is 3.86. The van der Waals surface area contributed by atoms with Crippen molar-refractivity contribution in [3.8, 4) is 6.07 Å². The molecule has 4 heteroatoms. The molecule has 22 heavy (non-hydrogen) atoms. The fraction of sp³-hybridized carbons (Fsp3) is 0.556. The van der Waals surface area contributed by atoms with E-state index in [-0.39, 0.29) is 17.9 Å². The minimum absolute atomic E-state index is 0.0904. The summed E-state index contributed by atoms with van der Waals surface area (Å²) in [5.41, 5.74) is 1.33. The zero-order chi connectivity index (χ0) is 16.0. The van der Waals surface area contributed by atoms with E-state index in [0.29, 0.717) is 18.0 Å². The summed E-state index contributed by atoms with van der Waals surface area (Å²) in [5.74, 6) is 0.235. The van der Waals surface area contributed by atoms with Crippen LogP contribution in [0.3, 0.4) is 0 Å². The van der Waals surface area contributed by atoms with Crippen LogP contribution in [0, 0.1) is 17.2 Å². The summed E-state index contributed by atoms with van der Waals surface area (Å²) in [7, 11) is 0. The van der Waals surface area contributed by atoms with Gasteiger partial charge in [0.2, 0.25) is 0 Å². The van der Waals surface area contributed by atoms with Crippen LogP contribution < -0.4 is 5.32 Å². The maximum Gasteiger partial charge on any atom is 0.251 e. The first kappa shape index (κ1) is 16.5. The lowest BCUT2D eigenvalue weighted by atomic mass is 9.96. The van der Waals surface area contributed by atoms with Crippen LogP contribution in [0.4, 0.5) is 0 Å². The lowest BCUT2D eigenvalue weighted by Crippen LogP contribution is -2.29. The van der Waals surface area contributed by atoms with Crippen molar-refractivity contribution >= 4 is 5.91 Å². The number of nitrogens with one attached hydrogen (secondary N) is 1. The summed E-state index contributed by atoms with van der Waals surface area (Å²) in [6, 6.07) is 9.73. The molecule has 1 aromatic carbocycles. The molecule has 0 aromatic heterocycles. The van der Waals surface area contributed by atoms with Crippen LogP contribution in [-0.4, -0.2) is 24.2 Å². The van der Waals surface area contributed by atoms with Gasteiger partial charge in [-0.15, -0.1) is 0 Å². The van der Waals surface area contributed by atoms with Gasteiger partial charge in [-0.05, 0) is 49.3 Å². The van der Waals surface area contributed by atoms with Gasteiger partial charge >= 0.3 is 0 Å². The van der Waals surface area contributed by atoms with Crippen LogP contribution in [0.1, 0.15) is 54.9 Å². The second kappa shape index (κ2) is 7.42. The molecule has 1 saturated carbocycles. The fourth-order valence-electron chi connectivity index (χ4n) is 2.81. The van der Waals surface area contributed by atoms with E-state index in [9.17, 15) is 10.1 Å². The molecule has 0 aliphatic heterocycles. The second-order valence-corrected chi connectivity index (χ2v) is 6.15. The van der Waals surface area contributed by atoms with Crippen molar-refractivity contribution in [3.05, 3.63) is 35.4 Å². The number of amides is 1. The van der Waals surface area contributed by atoms with Gasteiger partial charge in [0.05, 0.1) is 11.5 Å². The lowest BCUT2D eigenvalue weighted by molar-refractivity contribution is 0.0943. The number of nitrogens with zero attached hydrogens (tertiary/aromatic N) is 1. The number of aliphatic hydroxyl groups is 1. The number of benzene rings is 1. The van der Waals surface area contributed by atoms with E-state index in [2.05, 4.69) is 18.3 Å². The summed E-state index contributed by atoms with van der Waals surface area (Å²) in [6.07, 6.45) is 4.59. The first-order valence-electron chi connectivity index (χ1n) is 8.06. The molecule has 1 fully saturated rings. The minimum Gasteiger partial charge on any atom is -0.396 e. The number of carbonyl (C=O) groups is 1. The molecule has 1 unspecified atom stereocenters. The van der Waals surface area contributed by atoms with Gasteiger partial charge in [0, 0.05) is 18.7 Å². The normalized spacial score (nSPS) is 16.6. The molecular formula is C18H24N2O2. The van der Waals surface area contributed by atoms with Gasteiger partial charge in [0.25, 0.3) is 5.91 Å². The maximum absolute atomic E-state index is 12.2. The number of aliphatic hydroxyl groups excluding tert-OH is 1. The molecule has 0 heterocycles. The quantitative estimate of drug-likeness (QED) is 0.775. The Hall–Kier alpha value is -1.86. The van der Waals surface area contributed by atoms with Crippen molar-refractivity contribution in [1.29, 1.82) is 5.26 Å². The van der Waals surface area contributed by atoms with Gasteiger partial charge < -0.3 is 10.4 Å². The van der Waals surface area contributed by atoms with Gasteiger partial charge in [0.15, 0.2) is 0 Å². The van der Waals surface area contributed by atoms with E-state index in [4.69, 9.17) is 5.11 Å². The summed E-state index contributed by atoms with van der Waals surface area (Å²) >= 11 is 0. The predicted molar refractivity (Wildman–Crippen MR) is 85.4 cm³/mol. The van der Waals surface area contributed by atoms with Gasteiger partial charge in [-0.25, -0.2) is 0 Å². The van der Waals surface area contributed by atoms with Crippen molar-refractivity contribution in [2.24, 2.45) is 5.92 Å². The molecule has 1 atom stereocenters. The summed E-state index contributed by atoms with van der Waals surface area (Å²) in [4.78, 5) is 12.2. The molecule has 0 radical (unpaired) electrons. The van der Waals surface area contributed by atoms with Crippen LogP contribution in [0.5, 0.6) is 0 Å². The molecular weight excluding hydrogens is 276 g/mol. The van der Waals surface area contributed by atoms with E-state index in [0.717, 1.165) is 37.7 Å². The van der Waals surface area contributed by atoms with Crippen molar-refractivity contribution in [2.75, 3.05) is 13.2 Å². The molecule has 0 spiro atoms. The third-order valence-electron chi connectivity index (χ3n) is 4.45. The van der Waals surface area contributed by atoms with Crippen LogP contribution in [0.15, 0.2) is 24.3 Å². The Labute approximate surface area is 132 Å². The number of carbonyl (C=O) groups excluding carboxylic acids is 1. The second-order valence-electron chi connectivity index (χ2n) is 6.15. The maximum atomic E-state index is 12.2. The summed E-state index contributed by atoms with van der Waals surface area (Å²) < 4.78 is 0. The van der Waals surface area contributed by atoms with E-state index < -0.39 is 0 Å². The van der Waals surface area contributed by atoms with Gasteiger partial charge in [-0.2, -0.15) is 5.26 Å². The zero-order valence-electron chi connectivity index (χ0n) is 13.1. The predicted octanol–water partition coefficient (Wildman–Crippen LogP) is 2.77. The molecule has 1 aliphatic carbocycles. The van der Waals surface area contributed by atoms with Crippen LogP contribution in [0.2, 0.25) is 0 Å². The molecule has 1 aliphatic rings. The third-order valence-corrected chi connectivity index (χ3v) is 4.45. The van der Waals surface area contributed by atoms with Crippen molar-refractivity contribution in [3.63, 3.8) is 0 Å². The molecule has 0 saturated heterocycles. The van der Waals surface area contributed by atoms with E-state index >= 15 is 0 Å². The molecule has 2 N–H and O–H groups in total. The Morgan fingerprint density at radius 2 is 2.05 bits per heavy atom. The van der Waals surface area contributed by atoms with Crippen molar-refractivity contribution < 1.29 is 9.90 Å². The topological polar surface area (TPSA) is 73.1 Å². The van der Waals surface area contributed by atoms with Crippen molar-refractivity contribution in [2.45, 2.75) is 44.4 Å². The monoisotopic (exact) mass is 300 g/mol. The van der Waals surface area contributed by atoms with E-state index in [1.165, 1.54) is 0 Å². The number of hydrogen-bond donors (Lipinski definition) is 2. The average molecular weight is 300 g/mol. The summed E-state index contributed by atoms with van der Waals surface area (Å²) in [6.45, 7) is 2.86. The molecule has 1 amide bonds. The highest BCUT2D eigenvalue weighted by molar-refractivity contribution is 5.94. The molecule has 0 bridgehead atoms. The average Bonchev–Trinajstić information content (AvgIpc) is 3.34. The Kier molecular flexibility index (Phi) is 5.57. The minimum atomic E-state index is -0.303. The first-order valence-corrected chi connectivity index (χ1v) is 8.06. The lowest BCUT2D eigenvalue weighted by Gasteiger charge is -2.16.